The highest BCUT2D eigenvalue weighted by molar-refractivity contribution is 4.65. The first-order valence-electron chi connectivity index (χ1n) is 5.52. The van der Waals surface area contributed by atoms with E-state index in [0.29, 0.717) is 6.04 Å². The van der Waals surface area contributed by atoms with Crippen LogP contribution in [0.5, 0.6) is 0 Å². The van der Waals surface area contributed by atoms with Gasteiger partial charge in [0.15, 0.2) is 0 Å². The Kier molecular flexibility index (Phi) is 6.35. The molecular weight excluding hydrogens is 160 g/mol. The molecule has 0 aromatic rings. The summed E-state index contributed by atoms with van der Waals surface area (Å²) < 4.78 is 0. The van der Waals surface area contributed by atoms with Crippen LogP contribution in [0.25, 0.3) is 0 Å². The summed E-state index contributed by atoms with van der Waals surface area (Å²) in [6, 6.07) is 0.631. The van der Waals surface area contributed by atoms with Gasteiger partial charge in [-0.2, -0.15) is 0 Å². The summed E-state index contributed by atoms with van der Waals surface area (Å²) in [6.07, 6.45) is 1.23. The Morgan fingerprint density at radius 2 is 1.62 bits per heavy atom. The Morgan fingerprint density at radius 3 is 1.92 bits per heavy atom. The van der Waals surface area contributed by atoms with E-state index in [9.17, 15) is 0 Å². The van der Waals surface area contributed by atoms with Gasteiger partial charge in [-0.1, -0.05) is 27.7 Å². The molecule has 2 nitrogen and oxygen atoms in total. The first kappa shape index (κ1) is 12.9. The van der Waals surface area contributed by atoms with Gasteiger partial charge < -0.3 is 0 Å². The largest absolute Gasteiger partial charge is 0.242 e. The predicted molar refractivity (Wildman–Crippen MR) is 59.6 cm³/mol. The molecule has 2 heteroatoms. The minimum atomic E-state index is 0.631. The second kappa shape index (κ2) is 6.39. The van der Waals surface area contributed by atoms with Crippen molar-refractivity contribution in [2.75, 3.05) is 20.1 Å². The van der Waals surface area contributed by atoms with Crippen molar-refractivity contribution in [3.05, 3.63) is 0 Å². The van der Waals surface area contributed by atoms with Crippen LogP contribution in [0, 0.1) is 5.92 Å². The van der Waals surface area contributed by atoms with Gasteiger partial charge in [-0.3, -0.25) is 0 Å². The third-order valence-electron chi connectivity index (χ3n) is 2.85. The molecule has 0 N–H and O–H groups in total. The lowest BCUT2D eigenvalue weighted by molar-refractivity contribution is -0.0414. The van der Waals surface area contributed by atoms with Crippen molar-refractivity contribution in [2.24, 2.45) is 5.92 Å². The van der Waals surface area contributed by atoms with E-state index >= 15 is 0 Å². The van der Waals surface area contributed by atoms with Crippen molar-refractivity contribution in [1.82, 2.24) is 10.0 Å². The summed E-state index contributed by atoms with van der Waals surface area (Å²) in [7, 11) is 2.20. The molecule has 0 heterocycles. The third kappa shape index (κ3) is 4.10. The number of hydrogen-bond acceptors (Lipinski definition) is 2. The molecule has 1 unspecified atom stereocenters. The smallest absolute Gasteiger partial charge is 0.0237 e. The topological polar surface area (TPSA) is 6.48 Å². The van der Waals surface area contributed by atoms with Gasteiger partial charge in [-0.15, -0.1) is 0 Å². The summed E-state index contributed by atoms with van der Waals surface area (Å²) in [5, 5.41) is 4.80. The maximum atomic E-state index is 2.42. The zero-order chi connectivity index (χ0) is 10.4. The van der Waals surface area contributed by atoms with Crippen LogP contribution in [0.2, 0.25) is 0 Å². The molecule has 80 valence electrons. The summed E-state index contributed by atoms with van der Waals surface area (Å²) >= 11 is 0. The third-order valence-corrected chi connectivity index (χ3v) is 2.85. The molecule has 0 aromatic heterocycles. The average Bonchev–Trinajstić information content (AvgIpc) is 2.11. The van der Waals surface area contributed by atoms with Crippen LogP contribution in [0.1, 0.15) is 41.0 Å². The molecule has 0 saturated heterocycles. The molecule has 0 radical (unpaired) electrons. The van der Waals surface area contributed by atoms with Gasteiger partial charge in [0.25, 0.3) is 0 Å². The molecule has 0 aromatic carbocycles. The van der Waals surface area contributed by atoms with E-state index in [1.54, 1.807) is 0 Å². The highest BCUT2D eigenvalue weighted by Crippen LogP contribution is 2.10. The van der Waals surface area contributed by atoms with Crippen LogP contribution in [-0.2, 0) is 0 Å². The fraction of sp³-hybridized carbons (Fsp3) is 1.00. The van der Waals surface area contributed by atoms with Crippen molar-refractivity contribution in [1.29, 1.82) is 0 Å². The fourth-order valence-electron chi connectivity index (χ4n) is 1.49. The maximum Gasteiger partial charge on any atom is 0.0237 e. The fourth-order valence-corrected chi connectivity index (χ4v) is 1.49. The minimum absolute atomic E-state index is 0.631. The predicted octanol–water partition coefficient (Wildman–Crippen LogP) is 2.61. The molecule has 0 aliphatic heterocycles. The Labute approximate surface area is 83.9 Å². The molecule has 13 heavy (non-hydrogen) atoms. The lowest BCUT2D eigenvalue weighted by Gasteiger charge is -2.37. The van der Waals surface area contributed by atoms with E-state index in [4.69, 9.17) is 0 Å². The lowest BCUT2D eigenvalue weighted by atomic mass is 10.1. The maximum absolute atomic E-state index is 2.42. The average molecular weight is 186 g/mol. The van der Waals surface area contributed by atoms with E-state index in [-0.39, 0.29) is 0 Å². The molecule has 0 bridgehead atoms. The Balaban J connectivity index is 4.10. The number of hydrogen-bond donors (Lipinski definition) is 0. The second-order valence-corrected chi connectivity index (χ2v) is 4.10. The van der Waals surface area contributed by atoms with Crippen LogP contribution in [0.3, 0.4) is 0 Å². The Bertz CT molecular complexity index is 123. The van der Waals surface area contributed by atoms with Crippen LogP contribution in [-0.4, -0.2) is 36.2 Å². The minimum Gasteiger partial charge on any atom is -0.242 e. The summed E-state index contributed by atoms with van der Waals surface area (Å²) in [4.78, 5) is 0. The Morgan fingerprint density at radius 1 is 1.08 bits per heavy atom. The summed E-state index contributed by atoms with van der Waals surface area (Å²) in [6.45, 7) is 13.6. The van der Waals surface area contributed by atoms with E-state index in [1.807, 2.05) is 0 Å². The van der Waals surface area contributed by atoms with Gasteiger partial charge in [0, 0.05) is 26.2 Å². The van der Waals surface area contributed by atoms with Gasteiger partial charge in [0.1, 0.15) is 0 Å². The van der Waals surface area contributed by atoms with E-state index < -0.39 is 0 Å². The molecule has 0 rings (SSSR count). The first-order chi connectivity index (χ1) is 6.04. The van der Waals surface area contributed by atoms with Crippen molar-refractivity contribution < 1.29 is 0 Å². The van der Waals surface area contributed by atoms with E-state index in [0.717, 1.165) is 12.5 Å². The first-order valence-corrected chi connectivity index (χ1v) is 5.52. The van der Waals surface area contributed by atoms with Gasteiger partial charge in [0.2, 0.25) is 0 Å². The van der Waals surface area contributed by atoms with Gasteiger partial charge in [-0.05, 0) is 19.3 Å². The van der Waals surface area contributed by atoms with Crippen molar-refractivity contribution >= 4 is 0 Å². The van der Waals surface area contributed by atoms with Crippen LogP contribution in [0.15, 0.2) is 0 Å². The van der Waals surface area contributed by atoms with E-state index in [1.165, 1.54) is 13.0 Å². The summed E-state index contributed by atoms with van der Waals surface area (Å²) in [5.74, 6) is 0.718. The summed E-state index contributed by atoms with van der Waals surface area (Å²) in [5.41, 5.74) is 0. The Hall–Kier alpha value is -0.0800. The molecule has 0 fully saturated rings. The molecule has 0 aliphatic rings. The highest BCUT2D eigenvalue weighted by Gasteiger charge is 2.17. The van der Waals surface area contributed by atoms with Crippen molar-refractivity contribution in [3.8, 4) is 0 Å². The van der Waals surface area contributed by atoms with Crippen LogP contribution < -0.4 is 0 Å². The molecule has 0 saturated carbocycles. The zero-order valence-electron chi connectivity index (χ0n) is 10.2. The van der Waals surface area contributed by atoms with Crippen LogP contribution >= 0.6 is 0 Å². The standard InChI is InChI=1S/C11H26N2/c1-7-9-13(8-2)12(6)11(5)10(3)4/h10-11H,7-9H2,1-6H3. The molecule has 0 amide bonds. The number of nitrogens with zero attached hydrogens (tertiary/aromatic N) is 2. The number of hydrazine groups is 1. The normalized spacial score (nSPS) is 14.5. The SMILES string of the molecule is CCCN(CC)N(C)C(C)C(C)C. The monoisotopic (exact) mass is 186 g/mol. The highest BCUT2D eigenvalue weighted by atomic mass is 15.6. The second-order valence-electron chi connectivity index (χ2n) is 4.10. The zero-order valence-corrected chi connectivity index (χ0v) is 10.2. The molecule has 0 spiro atoms. The molecular formula is C11H26N2. The van der Waals surface area contributed by atoms with Crippen molar-refractivity contribution in [3.63, 3.8) is 0 Å². The van der Waals surface area contributed by atoms with E-state index in [2.05, 4.69) is 51.7 Å². The molecule has 0 aliphatic carbocycles. The van der Waals surface area contributed by atoms with Gasteiger partial charge in [-0.25, -0.2) is 10.0 Å². The lowest BCUT2D eigenvalue weighted by Crippen LogP contribution is -2.47. The number of rotatable bonds is 6. The quantitative estimate of drug-likeness (QED) is 0.588. The van der Waals surface area contributed by atoms with Crippen molar-refractivity contribution in [2.45, 2.75) is 47.1 Å². The van der Waals surface area contributed by atoms with Crippen LogP contribution in [0.4, 0.5) is 0 Å². The molecule has 1 atom stereocenters. The van der Waals surface area contributed by atoms with Gasteiger partial charge >= 0.3 is 0 Å². The van der Waals surface area contributed by atoms with Gasteiger partial charge in [0.05, 0.1) is 0 Å².